The predicted octanol–water partition coefficient (Wildman–Crippen LogP) is 2.50. The lowest BCUT2D eigenvalue weighted by Gasteiger charge is -2.18. The molecule has 5 heteroatoms. The lowest BCUT2D eigenvalue weighted by Crippen LogP contribution is -2.16. The fourth-order valence-electron chi connectivity index (χ4n) is 1.84. The predicted molar refractivity (Wildman–Crippen MR) is 81.9 cm³/mol. The van der Waals surface area contributed by atoms with Gasteiger partial charge in [-0.3, -0.25) is 0 Å². The van der Waals surface area contributed by atoms with Crippen LogP contribution in [-0.2, 0) is 0 Å². The summed E-state index contributed by atoms with van der Waals surface area (Å²) in [5.74, 6) is 0.664. The van der Waals surface area contributed by atoms with Gasteiger partial charge in [0.05, 0.1) is 0 Å². The van der Waals surface area contributed by atoms with Gasteiger partial charge in [0.1, 0.15) is 4.99 Å². The van der Waals surface area contributed by atoms with Crippen molar-refractivity contribution in [2.75, 3.05) is 11.9 Å². The van der Waals surface area contributed by atoms with Crippen molar-refractivity contribution >= 4 is 28.8 Å². The van der Waals surface area contributed by atoms with E-state index in [0.717, 1.165) is 22.6 Å². The van der Waals surface area contributed by atoms with Gasteiger partial charge >= 0.3 is 0 Å². The van der Waals surface area contributed by atoms with Gasteiger partial charge in [-0.2, -0.15) is 0 Å². The molecule has 98 valence electrons. The number of thiocarbonyl (C=S) groups is 1. The van der Waals surface area contributed by atoms with Crippen LogP contribution in [0.25, 0.3) is 0 Å². The van der Waals surface area contributed by atoms with Crippen LogP contribution in [0.5, 0.6) is 0 Å². The molecule has 1 heterocycles. The smallest absolute Gasteiger partial charge is 0.230 e. The fourth-order valence-corrected chi connectivity index (χ4v) is 1.97. The Labute approximate surface area is 118 Å². The number of nitrogens with zero attached hydrogens (tertiary/aromatic N) is 3. The number of aromatic nitrogens is 2. The SMILES string of the molecule is Cc1cc(C)nc(N(C)c2cccc(C(N)=S)c2)n1. The number of hydrogen-bond acceptors (Lipinski definition) is 4. The third kappa shape index (κ3) is 3.06. The zero-order chi connectivity index (χ0) is 14.0. The van der Waals surface area contributed by atoms with E-state index >= 15 is 0 Å². The topological polar surface area (TPSA) is 55.0 Å². The summed E-state index contributed by atoms with van der Waals surface area (Å²) in [6.07, 6.45) is 0. The van der Waals surface area contributed by atoms with E-state index < -0.39 is 0 Å². The molecule has 0 aliphatic rings. The number of benzene rings is 1. The second-order valence-corrected chi connectivity index (χ2v) is 4.86. The van der Waals surface area contributed by atoms with E-state index in [1.807, 2.05) is 56.1 Å². The van der Waals surface area contributed by atoms with E-state index in [0.29, 0.717) is 10.9 Å². The summed E-state index contributed by atoms with van der Waals surface area (Å²) in [5, 5.41) is 0. The van der Waals surface area contributed by atoms with Crippen LogP contribution in [0.15, 0.2) is 30.3 Å². The van der Waals surface area contributed by atoms with Crippen LogP contribution in [0.4, 0.5) is 11.6 Å². The van der Waals surface area contributed by atoms with E-state index in [-0.39, 0.29) is 0 Å². The van der Waals surface area contributed by atoms with Gasteiger partial charge in [-0.1, -0.05) is 24.4 Å². The van der Waals surface area contributed by atoms with Gasteiger partial charge in [0, 0.05) is 29.7 Å². The van der Waals surface area contributed by atoms with Crippen molar-refractivity contribution in [1.29, 1.82) is 0 Å². The Morgan fingerprint density at radius 3 is 2.37 bits per heavy atom. The molecule has 1 aromatic heterocycles. The third-order valence-electron chi connectivity index (χ3n) is 2.79. The number of nitrogens with two attached hydrogens (primary N) is 1. The first kappa shape index (κ1) is 13.4. The van der Waals surface area contributed by atoms with Gasteiger partial charge in [-0.05, 0) is 32.0 Å². The average Bonchev–Trinajstić information content (AvgIpc) is 2.37. The van der Waals surface area contributed by atoms with Crippen molar-refractivity contribution < 1.29 is 0 Å². The van der Waals surface area contributed by atoms with Crippen molar-refractivity contribution in [3.05, 3.63) is 47.3 Å². The Balaban J connectivity index is 2.40. The van der Waals surface area contributed by atoms with Crippen molar-refractivity contribution in [3.8, 4) is 0 Å². The monoisotopic (exact) mass is 272 g/mol. The molecule has 0 bridgehead atoms. The first-order valence-electron chi connectivity index (χ1n) is 5.93. The van der Waals surface area contributed by atoms with Crippen LogP contribution in [0, 0.1) is 13.8 Å². The summed E-state index contributed by atoms with van der Waals surface area (Å²) in [6.45, 7) is 3.91. The highest BCUT2D eigenvalue weighted by Crippen LogP contribution is 2.21. The zero-order valence-electron chi connectivity index (χ0n) is 11.2. The number of hydrogen-bond donors (Lipinski definition) is 1. The van der Waals surface area contributed by atoms with Gasteiger partial charge in [0.2, 0.25) is 5.95 Å². The largest absolute Gasteiger partial charge is 0.389 e. The standard InChI is InChI=1S/C14H16N4S/c1-9-7-10(2)17-14(16-9)18(3)12-6-4-5-11(8-12)13(15)19/h4-8H,1-3H3,(H2,15,19). The second kappa shape index (κ2) is 5.32. The average molecular weight is 272 g/mol. The van der Waals surface area contributed by atoms with E-state index in [4.69, 9.17) is 18.0 Å². The zero-order valence-corrected chi connectivity index (χ0v) is 12.0. The summed E-state index contributed by atoms with van der Waals surface area (Å²) in [5.41, 5.74) is 9.33. The van der Waals surface area contributed by atoms with Crippen molar-refractivity contribution in [2.24, 2.45) is 5.73 Å². The van der Waals surface area contributed by atoms with E-state index in [1.165, 1.54) is 0 Å². The maximum Gasteiger partial charge on any atom is 0.230 e. The summed E-state index contributed by atoms with van der Waals surface area (Å²) in [7, 11) is 1.92. The fraction of sp³-hybridized carbons (Fsp3) is 0.214. The van der Waals surface area contributed by atoms with E-state index in [9.17, 15) is 0 Å². The van der Waals surface area contributed by atoms with Crippen molar-refractivity contribution in [3.63, 3.8) is 0 Å². The summed E-state index contributed by atoms with van der Waals surface area (Å²) >= 11 is 4.99. The van der Waals surface area contributed by atoms with Crippen LogP contribution in [0.1, 0.15) is 17.0 Å². The number of anilines is 2. The summed E-state index contributed by atoms with van der Waals surface area (Å²) in [4.78, 5) is 11.2. The molecule has 0 aliphatic heterocycles. The minimum atomic E-state index is 0.386. The van der Waals surface area contributed by atoms with Crippen molar-refractivity contribution in [2.45, 2.75) is 13.8 Å². The maximum atomic E-state index is 5.65. The molecule has 0 spiro atoms. The summed E-state index contributed by atoms with van der Waals surface area (Å²) < 4.78 is 0. The second-order valence-electron chi connectivity index (χ2n) is 4.42. The van der Waals surface area contributed by atoms with Crippen LogP contribution >= 0.6 is 12.2 Å². The first-order chi connectivity index (χ1) is 8.97. The number of aryl methyl sites for hydroxylation is 2. The van der Waals surface area contributed by atoms with Gasteiger partial charge in [-0.25, -0.2) is 9.97 Å². The molecule has 4 nitrogen and oxygen atoms in total. The Morgan fingerprint density at radius 2 is 1.79 bits per heavy atom. The molecule has 0 radical (unpaired) electrons. The van der Waals surface area contributed by atoms with E-state index in [2.05, 4.69) is 9.97 Å². The lowest BCUT2D eigenvalue weighted by atomic mass is 10.2. The van der Waals surface area contributed by atoms with E-state index in [1.54, 1.807) is 0 Å². The van der Waals surface area contributed by atoms with Crippen molar-refractivity contribution in [1.82, 2.24) is 9.97 Å². The summed E-state index contributed by atoms with van der Waals surface area (Å²) in [6, 6.07) is 9.67. The molecule has 0 saturated carbocycles. The molecule has 0 fully saturated rings. The molecular weight excluding hydrogens is 256 g/mol. The van der Waals surface area contributed by atoms with Crippen LogP contribution in [0.3, 0.4) is 0 Å². The first-order valence-corrected chi connectivity index (χ1v) is 6.34. The molecule has 19 heavy (non-hydrogen) atoms. The van der Waals surface area contributed by atoms with Crippen LogP contribution < -0.4 is 10.6 Å². The molecule has 0 amide bonds. The quantitative estimate of drug-likeness (QED) is 0.870. The van der Waals surface area contributed by atoms with Gasteiger partial charge < -0.3 is 10.6 Å². The normalized spacial score (nSPS) is 10.3. The molecule has 0 saturated heterocycles. The van der Waals surface area contributed by atoms with Gasteiger partial charge in [0.15, 0.2) is 0 Å². The molecule has 0 aliphatic carbocycles. The minimum absolute atomic E-state index is 0.386. The molecule has 2 rings (SSSR count). The maximum absolute atomic E-state index is 5.65. The van der Waals surface area contributed by atoms with Crippen LogP contribution in [0.2, 0.25) is 0 Å². The van der Waals surface area contributed by atoms with Gasteiger partial charge in [0.25, 0.3) is 0 Å². The highest BCUT2D eigenvalue weighted by atomic mass is 32.1. The minimum Gasteiger partial charge on any atom is -0.389 e. The number of rotatable bonds is 3. The Hall–Kier alpha value is -2.01. The highest BCUT2D eigenvalue weighted by molar-refractivity contribution is 7.80. The highest BCUT2D eigenvalue weighted by Gasteiger charge is 2.09. The molecule has 0 atom stereocenters. The Bertz CT molecular complexity index is 604. The molecule has 2 aromatic rings. The Morgan fingerprint density at radius 1 is 1.16 bits per heavy atom. The van der Waals surface area contributed by atoms with Crippen LogP contribution in [-0.4, -0.2) is 22.0 Å². The molecule has 0 unspecified atom stereocenters. The molecule has 1 aromatic carbocycles. The Kier molecular flexibility index (Phi) is 3.76. The molecule has 2 N–H and O–H groups in total. The lowest BCUT2D eigenvalue weighted by molar-refractivity contribution is 0.986. The third-order valence-corrected chi connectivity index (χ3v) is 3.02. The molecular formula is C14H16N4S. The van der Waals surface area contributed by atoms with Gasteiger partial charge in [-0.15, -0.1) is 0 Å².